The first kappa shape index (κ1) is 15.3. The summed E-state index contributed by atoms with van der Waals surface area (Å²) in [5.74, 6) is 4.46. The van der Waals surface area contributed by atoms with Crippen LogP contribution in [0.3, 0.4) is 0 Å². The minimum atomic E-state index is 0.404. The Hall–Kier alpha value is -1.10. The second-order valence-corrected chi connectivity index (χ2v) is 6.77. The number of aromatic nitrogens is 1. The summed E-state index contributed by atoms with van der Waals surface area (Å²) in [6, 6.07) is 4.19. The number of thioether (sulfide) groups is 1. The molecule has 3 N–H and O–H groups in total. The molecule has 0 bridgehead atoms. The SMILES string of the molecule is CCSCCC(C)Nc1ccc(N)c(OCC2CC2)n1. The molecule has 1 aromatic rings. The summed E-state index contributed by atoms with van der Waals surface area (Å²) < 4.78 is 5.70. The van der Waals surface area contributed by atoms with Crippen molar-refractivity contribution in [2.24, 2.45) is 5.92 Å². The van der Waals surface area contributed by atoms with Gasteiger partial charge in [0.1, 0.15) is 5.82 Å². The number of nitrogens with two attached hydrogens (primary N) is 1. The van der Waals surface area contributed by atoms with Gasteiger partial charge in [-0.25, -0.2) is 0 Å². The zero-order valence-electron chi connectivity index (χ0n) is 12.4. The molecule has 0 spiro atoms. The van der Waals surface area contributed by atoms with Crippen LogP contribution in [0.15, 0.2) is 12.1 Å². The Morgan fingerprint density at radius 1 is 1.50 bits per heavy atom. The van der Waals surface area contributed by atoms with Gasteiger partial charge in [-0.1, -0.05) is 6.92 Å². The van der Waals surface area contributed by atoms with Crippen molar-refractivity contribution in [2.45, 2.75) is 39.2 Å². The van der Waals surface area contributed by atoms with Crippen molar-refractivity contribution in [3.05, 3.63) is 12.1 Å². The summed E-state index contributed by atoms with van der Waals surface area (Å²) in [4.78, 5) is 4.48. The molecule has 1 saturated carbocycles. The molecule has 112 valence electrons. The molecular weight excluding hydrogens is 270 g/mol. The van der Waals surface area contributed by atoms with E-state index in [1.165, 1.54) is 24.3 Å². The van der Waals surface area contributed by atoms with Gasteiger partial charge < -0.3 is 15.8 Å². The van der Waals surface area contributed by atoms with Crippen LogP contribution in [0, 0.1) is 5.92 Å². The first-order chi connectivity index (χ1) is 9.69. The Morgan fingerprint density at radius 2 is 2.30 bits per heavy atom. The lowest BCUT2D eigenvalue weighted by Gasteiger charge is -2.15. The second kappa shape index (κ2) is 7.62. The fraction of sp³-hybridized carbons (Fsp3) is 0.667. The van der Waals surface area contributed by atoms with E-state index in [4.69, 9.17) is 10.5 Å². The maximum Gasteiger partial charge on any atom is 0.239 e. The van der Waals surface area contributed by atoms with Crippen molar-refractivity contribution in [1.29, 1.82) is 0 Å². The van der Waals surface area contributed by atoms with Crippen LogP contribution in [-0.2, 0) is 0 Å². The van der Waals surface area contributed by atoms with Gasteiger partial charge in [-0.05, 0) is 55.7 Å². The van der Waals surface area contributed by atoms with Gasteiger partial charge in [-0.3, -0.25) is 0 Å². The normalized spacial score (nSPS) is 15.9. The molecule has 1 aliphatic rings. The van der Waals surface area contributed by atoms with E-state index >= 15 is 0 Å². The third-order valence-corrected chi connectivity index (χ3v) is 4.27. The average Bonchev–Trinajstić information content (AvgIpc) is 3.24. The van der Waals surface area contributed by atoms with E-state index in [9.17, 15) is 0 Å². The second-order valence-electron chi connectivity index (χ2n) is 5.38. The van der Waals surface area contributed by atoms with Gasteiger partial charge in [0.05, 0.1) is 12.3 Å². The molecule has 2 rings (SSSR count). The van der Waals surface area contributed by atoms with Crippen molar-refractivity contribution in [3.8, 4) is 5.88 Å². The van der Waals surface area contributed by atoms with Crippen LogP contribution in [0.4, 0.5) is 11.5 Å². The van der Waals surface area contributed by atoms with E-state index in [0.29, 0.717) is 23.5 Å². The Balaban J connectivity index is 1.85. The van der Waals surface area contributed by atoms with Crippen molar-refractivity contribution in [1.82, 2.24) is 4.98 Å². The molecule has 1 fully saturated rings. The van der Waals surface area contributed by atoms with Crippen LogP contribution < -0.4 is 15.8 Å². The van der Waals surface area contributed by atoms with Crippen molar-refractivity contribution >= 4 is 23.3 Å². The van der Waals surface area contributed by atoms with Gasteiger partial charge in [0.25, 0.3) is 0 Å². The highest BCUT2D eigenvalue weighted by Gasteiger charge is 2.22. The van der Waals surface area contributed by atoms with E-state index in [1.54, 1.807) is 0 Å². The monoisotopic (exact) mass is 295 g/mol. The van der Waals surface area contributed by atoms with Crippen LogP contribution in [0.25, 0.3) is 0 Å². The number of nitrogens with zero attached hydrogens (tertiary/aromatic N) is 1. The molecule has 5 heteroatoms. The Labute approximate surface area is 125 Å². The highest BCUT2D eigenvalue weighted by atomic mass is 32.2. The molecular formula is C15H25N3OS. The van der Waals surface area contributed by atoms with Gasteiger partial charge in [-0.15, -0.1) is 0 Å². The molecule has 1 unspecified atom stereocenters. The Bertz CT molecular complexity index is 424. The summed E-state index contributed by atoms with van der Waals surface area (Å²) in [6.07, 6.45) is 3.66. The lowest BCUT2D eigenvalue weighted by Crippen LogP contribution is -2.17. The topological polar surface area (TPSA) is 60.2 Å². The van der Waals surface area contributed by atoms with Gasteiger partial charge in [0.15, 0.2) is 0 Å². The number of anilines is 2. The number of rotatable bonds is 9. The zero-order valence-corrected chi connectivity index (χ0v) is 13.2. The number of ether oxygens (including phenoxy) is 1. The van der Waals surface area contributed by atoms with E-state index in [0.717, 1.165) is 18.8 Å². The molecule has 0 saturated heterocycles. The van der Waals surface area contributed by atoms with Crippen molar-refractivity contribution < 1.29 is 4.74 Å². The Morgan fingerprint density at radius 3 is 3.00 bits per heavy atom. The van der Waals surface area contributed by atoms with Crippen LogP contribution in [0.2, 0.25) is 0 Å². The van der Waals surface area contributed by atoms with Crippen LogP contribution in [-0.4, -0.2) is 29.1 Å². The number of nitrogens with one attached hydrogen (secondary N) is 1. The summed E-state index contributed by atoms with van der Waals surface area (Å²) in [5.41, 5.74) is 6.52. The summed E-state index contributed by atoms with van der Waals surface area (Å²) in [5, 5.41) is 3.41. The minimum absolute atomic E-state index is 0.404. The largest absolute Gasteiger partial charge is 0.476 e. The van der Waals surface area contributed by atoms with Gasteiger partial charge in [0.2, 0.25) is 5.88 Å². The van der Waals surface area contributed by atoms with Crippen LogP contribution >= 0.6 is 11.8 Å². The minimum Gasteiger partial charge on any atom is -0.476 e. The fourth-order valence-corrected chi connectivity index (χ4v) is 2.67. The molecule has 0 radical (unpaired) electrons. The average molecular weight is 295 g/mol. The molecule has 1 atom stereocenters. The highest BCUT2D eigenvalue weighted by molar-refractivity contribution is 7.99. The van der Waals surface area contributed by atoms with E-state index in [1.807, 2.05) is 23.9 Å². The molecule has 4 nitrogen and oxygen atoms in total. The molecule has 1 aromatic heterocycles. The standard InChI is InChI=1S/C15H25N3OS/c1-3-20-9-8-11(2)17-14-7-6-13(16)15(18-14)19-10-12-4-5-12/h6-7,11-12H,3-5,8-10,16H2,1-2H3,(H,17,18). The quantitative estimate of drug-likeness (QED) is 0.684. The number of pyridine rings is 1. The van der Waals surface area contributed by atoms with E-state index < -0.39 is 0 Å². The lowest BCUT2D eigenvalue weighted by molar-refractivity contribution is 0.290. The van der Waals surface area contributed by atoms with Gasteiger partial charge in [0, 0.05) is 6.04 Å². The molecule has 20 heavy (non-hydrogen) atoms. The summed E-state index contributed by atoms with van der Waals surface area (Å²) >= 11 is 1.97. The molecule has 1 heterocycles. The maximum absolute atomic E-state index is 5.91. The first-order valence-electron chi connectivity index (χ1n) is 7.42. The fourth-order valence-electron chi connectivity index (χ4n) is 1.86. The first-order valence-corrected chi connectivity index (χ1v) is 8.58. The van der Waals surface area contributed by atoms with Crippen LogP contribution in [0.5, 0.6) is 5.88 Å². The number of hydrogen-bond donors (Lipinski definition) is 2. The Kier molecular flexibility index (Phi) is 5.83. The van der Waals surface area contributed by atoms with Crippen molar-refractivity contribution in [3.63, 3.8) is 0 Å². The molecule has 0 aromatic carbocycles. The molecule has 0 amide bonds. The predicted molar refractivity (Wildman–Crippen MR) is 87.6 cm³/mol. The maximum atomic E-state index is 5.91. The smallest absolute Gasteiger partial charge is 0.239 e. The summed E-state index contributed by atoms with van der Waals surface area (Å²) in [6.45, 7) is 5.11. The van der Waals surface area contributed by atoms with E-state index in [2.05, 4.69) is 24.1 Å². The zero-order chi connectivity index (χ0) is 14.4. The number of nitrogen functional groups attached to an aromatic ring is 1. The van der Waals surface area contributed by atoms with E-state index in [-0.39, 0.29) is 0 Å². The predicted octanol–water partition coefficient (Wildman–Crippen LogP) is 3.40. The summed E-state index contributed by atoms with van der Waals surface area (Å²) in [7, 11) is 0. The van der Waals surface area contributed by atoms with Crippen LogP contribution in [0.1, 0.15) is 33.1 Å². The highest BCUT2D eigenvalue weighted by Crippen LogP contribution is 2.30. The van der Waals surface area contributed by atoms with Gasteiger partial charge in [-0.2, -0.15) is 16.7 Å². The molecule has 1 aliphatic carbocycles. The van der Waals surface area contributed by atoms with Gasteiger partial charge >= 0.3 is 0 Å². The third-order valence-electron chi connectivity index (χ3n) is 3.34. The molecule has 0 aliphatic heterocycles. The lowest BCUT2D eigenvalue weighted by atomic mass is 10.2. The van der Waals surface area contributed by atoms with Crippen molar-refractivity contribution in [2.75, 3.05) is 29.2 Å². The number of hydrogen-bond acceptors (Lipinski definition) is 5. The third kappa shape index (κ3) is 5.12.